The van der Waals surface area contributed by atoms with Gasteiger partial charge in [0.25, 0.3) is 13.4 Å². The summed E-state index contributed by atoms with van der Waals surface area (Å²) in [6.07, 6.45) is 0. The van der Waals surface area contributed by atoms with Gasteiger partial charge < -0.3 is 29.1 Å². The van der Waals surface area contributed by atoms with Crippen LogP contribution in [0.3, 0.4) is 0 Å². The second kappa shape index (κ2) is 31.0. The first-order valence-corrected chi connectivity index (χ1v) is 48.6. The van der Waals surface area contributed by atoms with Crippen molar-refractivity contribution in [2.45, 2.75) is 367 Å². The molecule has 15 rings (SSSR count). The van der Waals surface area contributed by atoms with E-state index < -0.39 is 0 Å². The van der Waals surface area contributed by atoms with Crippen molar-refractivity contribution in [1.82, 2.24) is 0 Å². The topological polar surface area (TPSA) is 31.4 Å². The predicted octanol–water partition coefficient (Wildman–Crippen LogP) is 31.6. The first-order chi connectivity index (χ1) is 59.2. The molecule has 0 atom stereocenters. The predicted molar refractivity (Wildman–Crippen MR) is 569 cm³/mol. The third-order valence-electron chi connectivity index (χ3n) is 28.3. The van der Waals surface area contributed by atoms with Crippen LogP contribution in [0.4, 0.5) is 68.2 Å². The van der Waals surface area contributed by atoms with Crippen LogP contribution >= 0.6 is 0 Å². The number of hydrogen-bond donors (Lipinski definition) is 0. The van der Waals surface area contributed by atoms with E-state index in [1.807, 2.05) is 0 Å². The Balaban J connectivity index is 1.14. The molecule has 0 aromatic heterocycles. The van der Waals surface area contributed by atoms with Gasteiger partial charge >= 0.3 is 0 Å². The molecule has 6 nitrogen and oxygen atoms in total. The number of nitrogens with zero attached hydrogens (tertiary/aromatic N) is 4. The normalized spacial score (nSPS) is 14.6. The van der Waals surface area contributed by atoms with Crippen LogP contribution in [-0.4, -0.2) is 13.4 Å². The zero-order chi connectivity index (χ0) is 95.9. The number of rotatable bonds is 8. The maximum atomic E-state index is 8.23. The van der Waals surface area contributed by atoms with Crippen LogP contribution in [0.15, 0.2) is 182 Å². The molecule has 0 fully saturated rings. The Labute approximate surface area is 787 Å². The Morgan fingerprint density at radius 2 is 0.408 bits per heavy atom. The molecule has 130 heavy (non-hydrogen) atoms. The van der Waals surface area contributed by atoms with E-state index in [4.69, 9.17) is 9.47 Å². The molecular formula is C122H156B2N4O2. The van der Waals surface area contributed by atoms with Crippen LogP contribution in [0, 0.1) is 0 Å². The van der Waals surface area contributed by atoms with Gasteiger partial charge in [-0.1, -0.05) is 351 Å². The molecule has 0 aliphatic carbocycles. The minimum absolute atomic E-state index is 0.169. The molecule has 11 aromatic rings. The van der Waals surface area contributed by atoms with Gasteiger partial charge in [-0.05, 0) is 290 Å². The van der Waals surface area contributed by atoms with Crippen molar-refractivity contribution in [2.75, 3.05) is 19.6 Å². The lowest BCUT2D eigenvalue weighted by molar-refractivity contribution is 0.463. The molecule has 0 unspecified atom stereocenters. The third-order valence-corrected chi connectivity index (χ3v) is 28.3. The van der Waals surface area contributed by atoms with Crippen molar-refractivity contribution in [3.8, 4) is 23.0 Å². The average Bonchev–Trinajstić information content (AvgIpc) is 0.690. The first kappa shape index (κ1) is 95.0. The molecule has 0 N–H and O–H groups in total. The summed E-state index contributed by atoms with van der Waals surface area (Å²) in [5.74, 6) is 3.27. The van der Waals surface area contributed by atoms with E-state index in [-0.39, 0.29) is 89.2 Å². The Hall–Kier alpha value is -9.65. The van der Waals surface area contributed by atoms with Crippen molar-refractivity contribution < 1.29 is 9.47 Å². The molecule has 11 aromatic carbocycles. The van der Waals surface area contributed by atoms with E-state index in [0.717, 1.165) is 102 Å². The second-order valence-electron chi connectivity index (χ2n) is 53.8. The van der Waals surface area contributed by atoms with Crippen LogP contribution < -0.4 is 61.9 Å². The highest BCUT2D eigenvalue weighted by molar-refractivity contribution is 7.01. The summed E-state index contributed by atoms with van der Waals surface area (Å²) in [7, 11) is 0. The van der Waals surface area contributed by atoms with Crippen LogP contribution in [0.2, 0.25) is 0 Å². The van der Waals surface area contributed by atoms with Crippen LogP contribution in [0.1, 0.15) is 369 Å². The molecule has 682 valence electrons. The molecule has 0 spiro atoms. The molecule has 8 heteroatoms. The van der Waals surface area contributed by atoms with Crippen LogP contribution in [0.5, 0.6) is 23.0 Å². The maximum Gasteiger partial charge on any atom is 0.260 e. The highest BCUT2D eigenvalue weighted by atomic mass is 16.5. The van der Waals surface area contributed by atoms with Crippen molar-refractivity contribution in [2.24, 2.45) is 0 Å². The van der Waals surface area contributed by atoms with Crippen molar-refractivity contribution in [3.63, 3.8) is 0 Å². The molecule has 0 bridgehead atoms. The van der Waals surface area contributed by atoms with Gasteiger partial charge in [-0.25, -0.2) is 0 Å². The average molecular weight is 1730 g/mol. The smallest absolute Gasteiger partial charge is 0.260 e. The van der Waals surface area contributed by atoms with Crippen LogP contribution in [0.25, 0.3) is 0 Å². The van der Waals surface area contributed by atoms with Gasteiger partial charge in [0.05, 0.1) is 11.4 Å². The van der Waals surface area contributed by atoms with E-state index in [0.29, 0.717) is 0 Å². The lowest BCUT2D eigenvalue weighted by Crippen LogP contribution is -2.63. The highest BCUT2D eigenvalue weighted by Gasteiger charge is 2.50. The summed E-state index contributed by atoms with van der Waals surface area (Å²) in [5, 5.41) is 0. The zero-order valence-corrected chi connectivity index (χ0v) is 88.1. The van der Waals surface area contributed by atoms with Crippen molar-refractivity contribution >= 4 is 114 Å². The summed E-state index contributed by atoms with van der Waals surface area (Å²) < 4.78 is 16.0. The van der Waals surface area contributed by atoms with E-state index in [1.165, 1.54) is 100.0 Å². The summed E-state index contributed by atoms with van der Waals surface area (Å²) in [5.41, 5.74) is 35.3. The number of anilines is 12. The van der Waals surface area contributed by atoms with Crippen LogP contribution in [-0.2, 0) is 75.8 Å². The molecule has 0 radical (unpaired) electrons. The Morgan fingerprint density at radius 3 is 0.692 bits per heavy atom. The summed E-state index contributed by atoms with van der Waals surface area (Å²) in [4.78, 5) is 10.7. The number of fused-ring (bicyclic) bond motifs is 8. The Morgan fingerprint density at radius 1 is 0.177 bits per heavy atom. The number of ether oxygens (including phenoxy) is 2. The van der Waals surface area contributed by atoms with Gasteiger partial charge in [0.2, 0.25) is 0 Å². The molecule has 0 amide bonds. The standard InChI is InChI=1S/C122H156B2N4O2/c1-109(2,3)73-43-45-95-99(65-73)127(91-61-83(119(31,32)33)51-84(62-91)120(34,35)36)101-67-93(125(87-53-75(111(7,8)9)47-76(54-87)112(10,11)12)88-55-77(113(13,14)15)48-78(56-88)114(16,17)18)68-102-107(101)123(95)97-72-104-98(71-100(97)128(102)92-63-85(121(37,38)39)52-86(64-92)122(40,41)42)124-96-46-44-74(110(4,5)6)66-103(96)129-105-69-94(70-106(130-104)108(105)124)126(89-57-79(115(19,20)21)49-80(58-89)116(22,23)24)90-59-81(117(25,26)27)50-82(60-90)118(28,29)30/h43-72H,1-42H3. The molecule has 4 heterocycles. The highest BCUT2D eigenvalue weighted by Crippen LogP contribution is 2.55. The van der Waals surface area contributed by atoms with Gasteiger partial charge in [0.15, 0.2) is 0 Å². The fourth-order valence-corrected chi connectivity index (χ4v) is 19.2. The zero-order valence-electron chi connectivity index (χ0n) is 88.1. The van der Waals surface area contributed by atoms with Gasteiger partial charge in [0, 0.05) is 74.5 Å². The molecule has 4 aliphatic rings. The van der Waals surface area contributed by atoms with E-state index >= 15 is 0 Å². The Kier molecular flexibility index (Phi) is 22.6. The fraction of sp³-hybridized carbons (Fsp3) is 0.459. The number of hydrogen-bond acceptors (Lipinski definition) is 6. The minimum Gasteiger partial charge on any atom is -0.458 e. The summed E-state index contributed by atoms with van der Waals surface area (Å²) in [6.45, 7) is 99.1. The van der Waals surface area contributed by atoms with Crippen molar-refractivity contribution in [1.29, 1.82) is 0 Å². The van der Waals surface area contributed by atoms with E-state index in [9.17, 15) is 0 Å². The lowest BCUT2D eigenvalue weighted by atomic mass is 9.31. The van der Waals surface area contributed by atoms with Gasteiger partial charge in [-0.3, -0.25) is 0 Å². The van der Waals surface area contributed by atoms with E-state index in [2.05, 4.69) is 492 Å². The largest absolute Gasteiger partial charge is 0.458 e. The van der Waals surface area contributed by atoms with Gasteiger partial charge in [-0.15, -0.1) is 0 Å². The van der Waals surface area contributed by atoms with Gasteiger partial charge in [-0.2, -0.15) is 0 Å². The summed E-state index contributed by atoms with van der Waals surface area (Å²) in [6, 6.07) is 74.8. The molecule has 0 saturated carbocycles. The SMILES string of the molecule is CC(C)(C)c1cc(N(c2cc(C(C)(C)C)cc(C(C)(C)C)c2)c2cc3c4c(c2)Oc2cc5c(cc2B4c2ccc(C(C)(C)C)cc2O3)N(c2cc(C(C)(C)C)cc(C(C)(C)C)c2)c2cc(N(c3cc(C(C)(C)C)cc(C(C)(C)C)c3)c3cc(C(C)(C)C)cc(C(C)(C)C)c3)cc3c2B5c2ccc(C(C)(C)C)cc2N3c2cc(C(C)(C)C)cc(C(C)(C)C)c2)cc(C(C)(C)C)c1. The quantitative estimate of drug-likeness (QED) is 0.141. The minimum atomic E-state index is -0.325. The first-order valence-electron chi connectivity index (χ1n) is 48.6. The third kappa shape index (κ3) is 18.1. The van der Waals surface area contributed by atoms with E-state index in [1.54, 1.807) is 0 Å². The number of benzene rings is 11. The lowest BCUT2D eigenvalue weighted by Gasteiger charge is -2.46. The molecular weight excluding hydrogens is 1570 g/mol. The molecule has 4 aliphatic heterocycles. The van der Waals surface area contributed by atoms with Crippen molar-refractivity contribution in [3.05, 3.63) is 260 Å². The monoisotopic (exact) mass is 1730 g/mol. The second-order valence-corrected chi connectivity index (χ2v) is 53.8. The molecule has 0 saturated heterocycles. The maximum absolute atomic E-state index is 8.23. The Bertz CT molecular complexity index is 5990. The summed E-state index contributed by atoms with van der Waals surface area (Å²) >= 11 is 0. The van der Waals surface area contributed by atoms with Gasteiger partial charge in [0.1, 0.15) is 23.0 Å². The fourth-order valence-electron chi connectivity index (χ4n) is 19.2.